The van der Waals surface area contributed by atoms with E-state index in [2.05, 4.69) is 0 Å². The first-order chi connectivity index (χ1) is 13.5. The van der Waals surface area contributed by atoms with Crippen LogP contribution >= 0.6 is 23.2 Å². The van der Waals surface area contributed by atoms with E-state index in [9.17, 15) is 14.9 Å². The maximum atomic E-state index is 12.6. The van der Waals surface area contributed by atoms with Crippen LogP contribution in [0.5, 0.6) is 0 Å². The number of benzene rings is 2. The van der Waals surface area contributed by atoms with Gasteiger partial charge >= 0.3 is 0 Å². The van der Waals surface area contributed by atoms with Crippen LogP contribution in [0, 0.1) is 10.1 Å². The van der Waals surface area contributed by atoms with Crippen LogP contribution in [0.4, 0.5) is 0 Å². The third-order valence-corrected chi connectivity index (χ3v) is 5.74. The molecule has 0 spiro atoms. The van der Waals surface area contributed by atoms with E-state index in [1.807, 2.05) is 36.4 Å². The Labute approximate surface area is 172 Å². The molecule has 2 aliphatic rings. The van der Waals surface area contributed by atoms with Crippen LogP contribution in [0.25, 0.3) is 6.08 Å². The van der Waals surface area contributed by atoms with Crippen LogP contribution in [-0.2, 0) is 4.79 Å². The zero-order valence-electron chi connectivity index (χ0n) is 14.7. The van der Waals surface area contributed by atoms with Crippen LogP contribution < -0.4 is 0 Å². The molecule has 2 aromatic carbocycles. The van der Waals surface area contributed by atoms with Gasteiger partial charge < -0.3 is 0 Å². The summed E-state index contributed by atoms with van der Waals surface area (Å²) in [6.45, 7) is 0.439. The lowest BCUT2D eigenvalue weighted by Crippen LogP contribution is -2.38. The molecule has 2 aromatic rings. The number of carbonyl (C=O) groups excluding carboxylic acids is 1. The second-order valence-corrected chi connectivity index (χ2v) is 7.64. The van der Waals surface area contributed by atoms with E-state index in [-0.39, 0.29) is 10.8 Å². The number of halogens is 2. The van der Waals surface area contributed by atoms with E-state index in [1.54, 1.807) is 29.3 Å². The third kappa shape index (κ3) is 3.28. The van der Waals surface area contributed by atoms with Crippen LogP contribution in [0.2, 0.25) is 10.0 Å². The highest BCUT2D eigenvalue weighted by Crippen LogP contribution is 2.44. The minimum Gasteiger partial charge on any atom is -0.273 e. The molecular formula is C20H17Cl2N3O3. The largest absolute Gasteiger partial charge is 0.273 e. The van der Waals surface area contributed by atoms with Crippen molar-refractivity contribution in [2.45, 2.75) is 24.5 Å². The number of amides is 1. The predicted molar refractivity (Wildman–Crippen MR) is 107 cm³/mol. The minimum absolute atomic E-state index is 0.140. The summed E-state index contributed by atoms with van der Waals surface area (Å²) < 4.78 is 0. The molecule has 6 nitrogen and oxygen atoms in total. The standard InChI is InChI=1S/C20H17Cl2N3O3/c21-14-7-8-15(16(22)12-14)19-20(25(27)28)17(23-11-10-18(26)24(19)23)9-6-13-4-2-1-3-5-13/h1-9,12,17,19-20H,10-11H2/b9-6-/t17-,19+,20-/m1/s1. The Kier molecular flexibility index (Phi) is 5.10. The molecule has 0 aromatic heterocycles. The van der Waals surface area contributed by atoms with Crippen LogP contribution in [0.1, 0.15) is 23.6 Å². The molecule has 28 heavy (non-hydrogen) atoms. The fraction of sp³-hybridized carbons (Fsp3) is 0.250. The van der Waals surface area contributed by atoms with Gasteiger partial charge in [0.15, 0.2) is 0 Å². The normalized spacial score (nSPS) is 24.9. The summed E-state index contributed by atoms with van der Waals surface area (Å²) in [6.07, 6.45) is 3.98. The molecule has 1 amide bonds. The molecule has 0 aliphatic carbocycles. The summed E-state index contributed by atoms with van der Waals surface area (Å²) in [5, 5.41) is 16.1. The lowest BCUT2D eigenvalue weighted by atomic mass is 9.94. The number of fused-ring (bicyclic) bond motifs is 1. The lowest BCUT2D eigenvalue weighted by molar-refractivity contribution is -0.526. The van der Waals surface area contributed by atoms with Crippen molar-refractivity contribution in [3.63, 3.8) is 0 Å². The van der Waals surface area contributed by atoms with Gasteiger partial charge in [-0.25, -0.2) is 5.01 Å². The number of hydrazine groups is 1. The molecular weight excluding hydrogens is 401 g/mol. The minimum atomic E-state index is -1.04. The average Bonchev–Trinajstić information content (AvgIpc) is 3.19. The lowest BCUT2D eigenvalue weighted by Gasteiger charge is -2.25. The van der Waals surface area contributed by atoms with Gasteiger partial charge in [0.25, 0.3) is 6.04 Å². The molecule has 2 aliphatic heterocycles. The maximum absolute atomic E-state index is 12.6. The zero-order chi connectivity index (χ0) is 19.8. The van der Waals surface area contributed by atoms with Crippen molar-refractivity contribution >= 4 is 35.2 Å². The fourth-order valence-corrected chi connectivity index (χ4v) is 4.50. The smallest absolute Gasteiger partial charge is 0.259 e. The van der Waals surface area contributed by atoms with E-state index in [1.165, 1.54) is 5.01 Å². The van der Waals surface area contributed by atoms with Gasteiger partial charge in [0.05, 0.1) is 0 Å². The second-order valence-electron chi connectivity index (χ2n) is 6.80. The van der Waals surface area contributed by atoms with E-state index in [0.717, 1.165) is 5.56 Å². The fourth-order valence-electron chi connectivity index (χ4n) is 3.98. The summed E-state index contributed by atoms with van der Waals surface area (Å²) in [5.41, 5.74) is 1.47. The molecule has 0 saturated carbocycles. The Morgan fingerprint density at radius 3 is 2.57 bits per heavy atom. The Balaban J connectivity index is 1.78. The van der Waals surface area contributed by atoms with Crippen LogP contribution in [-0.4, -0.2) is 39.5 Å². The Morgan fingerprint density at radius 1 is 1.14 bits per heavy atom. The van der Waals surface area contributed by atoms with Crippen molar-refractivity contribution < 1.29 is 9.72 Å². The number of rotatable bonds is 4. The Morgan fingerprint density at radius 2 is 1.89 bits per heavy atom. The molecule has 2 saturated heterocycles. The predicted octanol–water partition coefficient (Wildman–Crippen LogP) is 4.22. The first-order valence-electron chi connectivity index (χ1n) is 8.87. The number of nitrogens with zero attached hydrogens (tertiary/aromatic N) is 3. The van der Waals surface area contributed by atoms with Gasteiger partial charge in [-0.05, 0) is 17.7 Å². The van der Waals surface area contributed by atoms with Crippen molar-refractivity contribution in [1.82, 2.24) is 10.0 Å². The molecule has 0 unspecified atom stereocenters. The highest BCUT2D eigenvalue weighted by Gasteiger charge is 2.58. The second kappa shape index (κ2) is 7.54. The highest BCUT2D eigenvalue weighted by molar-refractivity contribution is 6.35. The Bertz CT molecular complexity index is 951. The van der Waals surface area contributed by atoms with Crippen molar-refractivity contribution in [2.24, 2.45) is 0 Å². The highest BCUT2D eigenvalue weighted by atomic mass is 35.5. The number of carbonyl (C=O) groups is 1. The van der Waals surface area contributed by atoms with E-state index < -0.39 is 18.1 Å². The van der Waals surface area contributed by atoms with Gasteiger partial charge in [0, 0.05) is 33.5 Å². The summed E-state index contributed by atoms with van der Waals surface area (Å²) >= 11 is 12.3. The van der Waals surface area contributed by atoms with Crippen molar-refractivity contribution in [3.05, 3.63) is 85.9 Å². The molecule has 3 atom stereocenters. The first-order valence-corrected chi connectivity index (χ1v) is 9.63. The van der Waals surface area contributed by atoms with E-state index >= 15 is 0 Å². The van der Waals surface area contributed by atoms with Gasteiger partial charge in [0.1, 0.15) is 12.1 Å². The molecule has 0 N–H and O–H groups in total. The molecule has 2 heterocycles. The van der Waals surface area contributed by atoms with Crippen molar-refractivity contribution in [1.29, 1.82) is 0 Å². The summed E-state index contributed by atoms with van der Waals surface area (Å²) in [5.74, 6) is -0.140. The summed E-state index contributed by atoms with van der Waals surface area (Å²) in [7, 11) is 0. The van der Waals surface area contributed by atoms with Gasteiger partial charge in [0.2, 0.25) is 5.91 Å². The quantitative estimate of drug-likeness (QED) is 0.551. The average molecular weight is 418 g/mol. The molecule has 0 bridgehead atoms. The van der Waals surface area contributed by atoms with E-state index in [0.29, 0.717) is 28.6 Å². The Hall–Kier alpha value is -2.41. The number of nitro groups is 1. The molecule has 144 valence electrons. The monoisotopic (exact) mass is 417 g/mol. The molecule has 2 fully saturated rings. The number of hydrogen-bond acceptors (Lipinski definition) is 4. The zero-order valence-corrected chi connectivity index (χ0v) is 16.3. The molecule has 4 rings (SSSR count). The molecule has 0 radical (unpaired) electrons. The van der Waals surface area contributed by atoms with Gasteiger partial charge in [-0.15, -0.1) is 0 Å². The van der Waals surface area contributed by atoms with Gasteiger partial charge in [-0.3, -0.25) is 19.9 Å². The van der Waals surface area contributed by atoms with Crippen molar-refractivity contribution in [3.8, 4) is 0 Å². The summed E-state index contributed by atoms with van der Waals surface area (Å²) in [4.78, 5) is 24.3. The van der Waals surface area contributed by atoms with E-state index in [4.69, 9.17) is 23.2 Å². The SMILES string of the molecule is O=C1CCN2[C@H](/C=C\c3ccccc3)[C@@H]([N+](=O)[O-])[C@H](c3ccc(Cl)cc3Cl)N12. The van der Waals surface area contributed by atoms with Crippen LogP contribution in [0.3, 0.4) is 0 Å². The topological polar surface area (TPSA) is 66.7 Å². The summed E-state index contributed by atoms with van der Waals surface area (Å²) in [6, 6.07) is 12.0. The van der Waals surface area contributed by atoms with Crippen molar-refractivity contribution in [2.75, 3.05) is 6.54 Å². The van der Waals surface area contributed by atoms with Crippen LogP contribution in [0.15, 0.2) is 54.6 Å². The molecule has 8 heteroatoms. The maximum Gasteiger partial charge on any atom is 0.259 e. The third-order valence-electron chi connectivity index (χ3n) is 5.18. The van der Waals surface area contributed by atoms with Gasteiger partial charge in [-0.1, -0.05) is 71.8 Å². The first kappa shape index (κ1) is 18.9. The van der Waals surface area contributed by atoms with Gasteiger partial charge in [-0.2, -0.15) is 0 Å². The number of hydrogen-bond donors (Lipinski definition) is 0.